The number of carbonyl (C=O) groups excluding carboxylic acids is 2. The second-order valence-electron chi connectivity index (χ2n) is 3.97. The molecule has 0 aromatic carbocycles. The Morgan fingerprint density at radius 1 is 1.42 bits per heavy atom. The van der Waals surface area contributed by atoms with Crippen LogP contribution in [-0.2, 0) is 14.3 Å². The molecule has 0 aliphatic rings. The van der Waals surface area contributed by atoms with Crippen LogP contribution in [-0.4, -0.2) is 33.1 Å². The van der Waals surface area contributed by atoms with Gasteiger partial charge in [0.2, 0.25) is 11.9 Å². The Morgan fingerprint density at radius 3 is 2.95 bits per heavy atom. The number of rotatable bonds is 4. The number of esters is 1. The van der Waals surface area contributed by atoms with Crippen LogP contribution >= 0.6 is 0 Å². The zero-order valence-corrected chi connectivity index (χ0v) is 10.7. The Kier molecular flexibility index (Phi) is 3.74. The number of nitrogens with zero attached hydrogens (tertiary/aromatic N) is 3. The Hall–Kier alpha value is -2.44. The van der Waals surface area contributed by atoms with Crippen LogP contribution < -0.4 is 5.32 Å². The lowest BCUT2D eigenvalue weighted by molar-refractivity contribution is -0.145. The third-order valence-corrected chi connectivity index (χ3v) is 2.34. The molecule has 2 rings (SSSR count). The van der Waals surface area contributed by atoms with Crippen LogP contribution in [0.2, 0.25) is 0 Å². The van der Waals surface area contributed by atoms with Gasteiger partial charge in [0.1, 0.15) is 6.42 Å². The number of amides is 1. The zero-order valence-electron chi connectivity index (χ0n) is 10.7. The van der Waals surface area contributed by atoms with Gasteiger partial charge in [0, 0.05) is 6.20 Å². The number of carbonyl (C=O) groups is 2. The molecule has 0 aliphatic carbocycles. The number of ether oxygens (including phenoxy) is 1. The largest absolute Gasteiger partial charge is 0.466 e. The van der Waals surface area contributed by atoms with Crippen molar-refractivity contribution in [2.24, 2.45) is 0 Å². The summed E-state index contributed by atoms with van der Waals surface area (Å²) in [6, 6.07) is 3.69. The quantitative estimate of drug-likeness (QED) is 0.654. The molecule has 0 atom stereocenters. The maximum atomic E-state index is 11.5. The monoisotopic (exact) mass is 262 g/mol. The lowest BCUT2D eigenvalue weighted by Gasteiger charge is -2.00. The first-order valence-corrected chi connectivity index (χ1v) is 5.87. The first kappa shape index (κ1) is 13.0. The summed E-state index contributed by atoms with van der Waals surface area (Å²) in [5.74, 6) is -0.898. The van der Waals surface area contributed by atoms with E-state index in [0.29, 0.717) is 5.65 Å². The van der Waals surface area contributed by atoms with Crippen molar-refractivity contribution in [1.82, 2.24) is 14.6 Å². The van der Waals surface area contributed by atoms with Gasteiger partial charge in [-0.3, -0.25) is 14.9 Å². The van der Waals surface area contributed by atoms with E-state index in [1.165, 1.54) is 0 Å². The van der Waals surface area contributed by atoms with Gasteiger partial charge in [0.25, 0.3) is 0 Å². The highest BCUT2D eigenvalue weighted by Gasteiger charge is 2.12. The van der Waals surface area contributed by atoms with Crippen LogP contribution in [0.4, 0.5) is 5.95 Å². The lowest BCUT2D eigenvalue weighted by atomic mass is 10.3. The fourth-order valence-electron chi connectivity index (χ4n) is 1.55. The predicted octanol–water partition coefficient (Wildman–Crippen LogP) is 0.929. The van der Waals surface area contributed by atoms with Gasteiger partial charge in [0.05, 0.1) is 6.61 Å². The second kappa shape index (κ2) is 5.47. The van der Waals surface area contributed by atoms with Gasteiger partial charge in [-0.25, -0.2) is 4.52 Å². The lowest BCUT2D eigenvalue weighted by Crippen LogP contribution is -2.18. The number of hydrogen-bond donors (Lipinski definition) is 1. The number of nitrogens with one attached hydrogen (secondary N) is 1. The molecule has 19 heavy (non-hydrogen) atoms. The summed E-state index contributed by atoms with van der Waals surface area (Å²) in [7, 11) is 0. The van der Waals surface area contributed by atoms with Crippen molar-refractivity contribution in [2.75, 3.05) is 11.9 Å². The number of aromatic nitrogens is 3. The van der Waals surface area contributed by atoms with Gasteiger partial charge < -0.3 is 4.74 Å². The van der Waals surface area contributed by atoms with Gasteiger partial charge in [-0.2, -0.15) is 4.98 Å². The zero-order chi connectivity index (χ0) is 13.8. The first-order chi connectivity index (χ1) is 9.08. The molecule has 2 aromatic rings. The number of anilines is 1. The fourth-order valence-corrected chi connectivity index (χ4v) is 1.55. The molecule has 0 bridgehead atoms. The van der Waals surface area contributed by atoms with Gasteiger partial charge in [-0.1, -0.05) is 6.07 Å². The number of aryl methyl sites for hydroxylation is 1. The van der Waals surface area contributed by atoms with Gasteiger partial charge >= 0.3 is 5.97 Å². The standard InChI is InChI=1S/C12H14N4O3/c1-3-19-11(18)6-10(17)14-12-13-9-5-4-8(2)7-16(9)15-12/h4-5,7H,3,6H2,1-2H3,(H,14,15,17). The molecule has 0 fully saturated rings. The molecule has 100 valence electrons. The van der Waals surface area contributed by atoms with E-state index in [9.17, 15) is 9.59 Å². The third-order valence-electron chi connectivity index (χ3n) is 2.34. The van der Waals surface area contributed by atoms with E-state index in [1.807, 2.05) is 13.0 Å². The fraction of sp³-hybridized carbons (Fsp3) is 0.333. The number of fused-ring (bicyclic) bond motifs is 1. The van der Waals surface area contributed by atoms with Crippen molar-refractivity contribution in [1.29, 1.82) is 0 Å². The minimum atomic E-state index is -0.570. The Labute approximate surface area is 109 Å². The maximum absolute atomic E-state index is 11.5. The summed E-state index contributed by atoms with van der Waals surface area (Å²) in [5.41, 5.74) is 1.65. The van der Waals surface area contributed by atoms with E-state index in [-0.39, 0.29) is 19.0 Å². The average Bonchev–Trinajstić information content (AvgIpc) is 2.70. The Bertz CT molecular complexity index is 620. The first-order valence-electron chi connectivity index (χ1n) is 5.87. The second-order valence-corrected chi connectivity index (χ2v) is 3.97. The molecule has 7 nitrogen and oxygen atoms in total. The molecular weight excluding hydrogens is 248 g/mol. The molecule has 0 saturated heterocycles. The smallest absolute Gasteiger partial charge is 0.315 e. The Balaban J connectivity index is 2.05. The van der Waals surface area contributed by atoms with Crippen molar-refractivity contribution >= 4 is 23.5 Å². The van der Waals surface area contributed by atoms with Crippen LogP contribution in [0.5, 0.6) is 0 Å². The van der Waals surface area contributed by atoms with Crippen LogP contribution in [0, 0.1) is 6.92 Å². The summed E-state index contributed by atoms with van der Waals surface area (Å²) in [6.45, 7) is 3.86. The van der Waals surface area contributed by atoms with Crippen molar-refractivity contribution < 1.29 is 14.3 Å². The molecule has 1 N–H and O–H groups in total. The van der Waals surface area contributed by atoms with Crippen molar-refractivity contribution in [3.8, 4) is 0 Å². The van der Waals surface area contributed by atoms with Gasteiger partial charge in [0.15, 0.2) is 5.65 Å². The van der Waals surface area contributed by atoms with Crippen LogP contribution in [0.1, 0.15) is 18.9 Å². The van der Waals surface area contributed by atoms with E-state index in [1.54, 1.807) is 23.7 Å². The normalized spacial score (nSPS) is 10.4. The summed E-state index contributed by atoms with van der Waals surface area (Å²) in [6.07, 6.45) is 1.45. The molecule has 7 heteroatoms. The molecule has 2 heterocycles. The molecule has 0 spiro atoms. The van der Waals surface area contributed by atoms with Crippen LogP contribution in [0.25, 0.3) is 5.65 Å². The minimum absolute atomic E-state index is 0.167. The molecular formula is C12H14N4O3. The molecule has 2 aromatic heterocycles. The highest BCUT2D eigenvalue weighted by atomic mass is 16.5. The van der Waals surface area contributed by atoms with Crippen LogP contribution in [0.3, 0.4) is 0 Å². The van der Waals surface area contributed by atoms with Crippen molar-refractivity contribution in [3.05, 3.63) is 23.9 Å². The Morgan fingerprint density at radius 2 is 2.21 bits per heavy atom. The molecule has 1 amide bonds. The highest BCUT2D eigenvalue weighted by Crippen LogP contribution is 2.07. The van der Waals surface area contributed by atoms with Crippen LogP contribution in [0.15, 0.2) is 18.3 Å². The predicted molar refractivity (Wildman–Crippen MR) is 67.6 cm³/mol. The third kappa shape index (κ3) is 3.27. The van der Waals surface area contributed by atoms with Crippen molar-refractivity contribution in [2.45, 2.75) is 20.3 Å². The summed E-state index contributed by atoms with van der Waals surface area (Å²) < 4.78 is 6.24. The summed E-state index contributed by atoms with van der Waals surface area (Å²) in [4.78, 5) is 26.8. The minimum Gasteiger partial charge on any atom is -0.466 e. The van der Waals surface area contributed by atoms with E-state index in [4.69, 9.17) is 0 Å². The molecule has 0 saturated carbocycles. The van der Waals surface area contributed by atoms with Gasteiger partial charge in [-0.15, -0.1) is 5.10 Å². The topological polar surface area (TPSA) is 85.6 Å². The van der Waals surface area contributed by atoms with Gasteiger partial charge in [-0.05, 0) is 25.5 Å². The maximum Gasteiger partial charge on any atom is 0.315 e. The molecule has 0 radical (unpaired) electrons. The highest BCUT2D eigenvalue weighted by molar-refractivity contribution is 6.01. The molecule has 0 aliphatic heterocycles. The SMILES string of the molecule is CCOC(=O)CC(=O)Nc1nc2ccc(C)cn2n1. The van der Waals surface area contributed by atoms with E-state index in [2.05, 4.69) is 20.1 Å². The number of pyridine rings is 1. The van der Waals surface area contributed by atoms with E-state index in [0.717, 1.165) is 5.56 Å². The van der Waals surface area contributed by atoms with E-state index < -0.39 is 11.9 Å². The summed E-state index contributed by atoms with van der Waals surface area (Å²) in [5, 5.41) is 6.55. The van der Waals surface area contributed by atoms with E-state index >= 15 is 0 Å². The number of hydrogen-bond acceptors (Lipinski definition) is 5. The average molecular weight is 262 g/mol. The molecule has 0 unspecified atom stereocenters. The van der Waals surface area contributed by atoms with Crippen molar-refractivity contribution in [3.63, 3.8) is 0 Å². The summed E-state index contributed by atoms with van der Waals surface area (Å²) >= 11 is 0.